The summed E-state index contributed by atoms with van der Waals surface area (Å²) in [6.45, 7) is 3.23. The summed E-state index contributed by atoms with van der Waals surface area (Å²) in [7, 11) is -3.60. The molecule has 1 heterocycles. The van der Waals surface area contributed by atoms with Gasteiger partial charge in [-0.1, -0.05) is 12.1 Å². The third-order valence-corrected chi connectivity index (χ3v) is 4.65. The van der Waals surface area contributed by atoms with Crippen molar-refractivity contribution in [2.45, 2.75) is 31.2 Å². The Hall–Kier alpha value is -1.92. The van der Waals surface area contributed by atoms with E-state index in [1.54, 1.807) is 25.5 Å². The van der Waals surface area contributed by atoms with Crippen LogP contribution >= 0.6 is 0 Å². The average Bonchev–Trinajstić information content (AvgIpc) is 2.90. The smallest absolute Gasteiger partial charge is 0.240 e. The molecule has 112 valence electrons. The lowest BCUT2D eigenvalue weighted by Gasteiger charge is -2.13. The second-order valence-corrected chi connectivity index (χ2v) is 6.65. The molecule has 0 spiro atoms. The molecule has 0 aliphatic rings. The van der Waals surface area contributed by atoms with Crippen LogP contribution in [0.25, 0.3) is 0 Å². The fraction of sp³-hybridized carbons (Fsp3) is 0.267. The van der Waals surface area contributed by atoms with Crippen LogP contribution in [-0.2, 0) is 16.4 Å². The van der Waals surface area contributed by atoms with Crippen LogP contribution in [0.15, 0.2) is 52.2 Å². The predicted octanol–water partition coefficient (Wildman–Crippen LogP) is 2.39. The van der Waals surface area contributed by atoms with E-state index in [1.165, 1.54) is 31.2 Å². The Bertz CT molecular complexity index is 703. The highest BCUT2D eigenvalue weighted by Crippen LogP contribution is 2.13. The van der Waals surface area contributed by atoms with Crippen molar-refractivity contribution in [2.75, 3.05) is 0 Å². The van der Waals surface area contributed by atoms with Gasteiger partial charge in [0.15, 0.2) is 5.78 Å². The van der Waals surface area contributed by atoms with E-state index >= 15 is 0 Å². The summed E-state index contributed by atoms with van der Waals surface area (Å²) in [5.41, 5.74) is 1.41. The highest BCUT2D eigenvalue weighted by Gasteiger charge is 2.18. The molecule has 0 saturated carbocycles. The number of ketones is 1. The van der Waals surface area contributed by atoms with E-state index < -0.39 is 10.0 Å². The van der Waals surface area contributed by atoms with E-state index in [0.717, 1.165) is 5.56 Å². The highest BCUT2D eigenvalue weighted by atomic mass is 32.2. The van der Waals surface area contributed by atoms with Gasteiger partial charge in [-0.3, -0.25) is 4.79 Å². The minimum absolute atomic E-state index is 0.0970. The number of rotatable bonds is 6. The van der Waals surface area contributed by atoms with Gasteiger partial charge in [-0.2, -0.15) is 0 Å². The Balaban J connectivity index is 2.08. The number of hydrogen-bond acceptors (Lipinski definition) is 4. The number of carbonyl (C=O) groups excluding carboxylic acids is 1. The maximum absolute atomic E-state index is 12.2. The molecule has 0 aliphatic heterocycles. The number of hydrogen-bond donors (Lipinski definition) is 1. The average molecular weight is 307 g/mol. The number of nitrogens with one attached hydrogen (secondary N) is 1. The second-order valence-electron chi connectivity index (χ2n) is 4.94. The second kappa shape index (κ2) is 6.24. The lowest BCUT2D eigenvalue weighted by molar-refractivity contribution is 0.101. The number of sulfonamides is 1. The van der Waals surface area contributed by atoms with Gasteiger partial charge in [0.2, 0.25) is 10.0 Å². The zero-order valence-electron chi connectivity index (χ0n) is 11.9. The summed E-state index contributed by atoms with van der Waals surface area (Å²) >= 11 is 0. The fourth-order valence-corrected chi connectivity index (χ4v) is 3.25. The largest absolute Gasteiger partial charge is 0.472 e. The van der Waals surface area contributed by atoms with Gasteiger partial charge in [0.25, 0.3) is 0 Å². The molecule has 0 unspecified atom stereocenters. The summed E-state index contributed by atoms with van der Waals surface area (Å²) in [6.07, 6.45) is 3.69. The van der Waals surface area contributed by atoms with E-state index in [1.807, 2.05) is 0 Å². The summed E-state index contributed by atoms with van der Waals surface area (Å²) in [5.74, 6) is -0.0970. The zero-order chi connectivity index (χ0) is 15.5. The molecule has 5 nitrogen and oxygen atoms in total. The van der Waals surface area contributed by atoms with E-state index in [-0.39, 0.29) is 16.7 Å². The molecule has 1 aromatic carbocycles. The zero-order valence-corrected chi connectivity index (χ0v) is 12.7. The quantitative estimate of drug-likeness (QED) is 0.831. The van der Waals surface area contributed by atoms with Crippen molar-refractivity contribution >= 4 is 15.8 Å². The van der Waals surface area contributed by atoms with E-state index in [4.69, 9.17) is 4.42 Å². The molecule has 1 N–H and O–H groups in total. The van der Waals surface area contributed by atoms with Crippen molar-refractivity contribution in [3.8, 4) is 0 Å². The molecular formula is C15H17NO4S. The number of carbonyl (C=O) groups is 1. The molecule has 2 rings (SSSR count). The molecule has 1 atom stereocenters. The monoisotopic (exact) mass is 307 g/mol. The van der Waals surface area contributed by atoms with Crippen molar-refractivity contribution < 1.29 is 17.6 Å². The number of benzene rings is 1. The van der Waals surface area contributed by atoms with Crippen molar-refractivity contribution in [3.63, 3.8) is 0 Å². The summed E-state index contributed by atoms with van der Waals surface area (Å²) in [4.78, 5) is 11.3. The van der Waals surface area contributed by atoms with Gasteiger partial charge in [-0.15, -0.1) is 0 Å². The van der Waals surface area contributed by atoms with Gasteiger partial charge in [0.05, 0.1) is 17.4 Å². The molecule has 0 bridgehead atoms. The van der Waals surface area contributed by atoms with Crippen LogP contribution < -0.4 is 4.72 Å². The van der Waals surface area contributed by atoms with Crippen molar-refractivity contribution in [2.24, 2.45) is 0 Å². The third kappa shape index (κ3) is 4.03. The van der Waals surface area contributed by atoms with E-state index in [0.29, 0.717) is 12.0 Å². The molecule has 21 heavy (non-hydrogen) atoms. The molecule has 0 fully saturated rings. The Labute approximate surface area is 124 Å². The third-order valence-electron chi connectivity index (χ3n) is 3.05. The van der Waals surface area contributed by atoms with Crippen LogP contribution in [0, 0.1) is 0 Å². The lowest BCUT2D eigenvalue weighted by atomic mass is 10.1. The summed E-state index contributed by atoms with van der Waals surface area (Å²) < 4.78 is 32.0. The molecule has 1 aromatic heterocycles. The molecule has 6 heteroatoms. The Morgan fingerprint density at radius 2 is 1.90 bits per heavy atom. The first-order valence-corrected chi connectivity index (χ1v) is 8.01. The lowest BCUT2D eigenvalue weighted by Crippen LogP contribution is -2.34. The van der Waals surface area contributed by atoms with Crippen LogP contribution in [0.2, 0.25) is 0 Å². The molecule has 0 amide bonds. The number of Topliss-reactive ketones (excluding diaryl/α,β-unsaturated/α-hetero) is 1. The Morgan fingerprint density at radius 3 is 2.43 bits per heavy atom. The Kier molecular flexibility index (Phi) is 4.59. The maximum Gasteiger partial charge on any atom is 0.240 e. The minimum Gasteiger partial charge on any atom is -0.472 e. The fourth-order valence-electron chi connectivity index (χ4n) is 2.01. The van der Waals surface area contributed by atoms with E-state index in [2.05, 4.69) is 4.72 Å². The maximum atomic E-state index is 12.2. The first kappa shape index (κ1) is 15.5. The molecular weight excluding hydrogens is 290 g/mol. The molecule has 0 saturated heterocycles. The minimum atomic E-state index is -3.60. The van der Waals surface area contributed by atoms with Gasteiger partial charge < -0.3 is 4.42 Å². The van der Waals surface area contributed by atoms with Crippen LogP contribution in [-0.4, -0.2) is 20.2 Å². The molecule has 0 aliphatic carbocycles. The predicted molar refractivity (Wildman–Crippen MR) is 78.6 cm³/mol. The van der Waals surface area contributed by atoms with Gasteiger partial charge in [0.1, 0.15) is 0 Å². The highest BCUT2D eigenvalue weighted by molar-refractivity contribution is 7.89. The van der Waals surface area contributed by atoms with Crippen molar-refractivity contribution in [3.05, 3.63) is 54.0 Å². The summed E-state index contributed by atoms with van der Waals surface area (Å²) in [6, 6.07) is 7.43. The standard InChI is InChI=1S/C15H17NO4S/c1-11(9-13-7-8-20-10-13)16-21(18,19)15-5-3-14(4-6-15)12(2)17/h3-8,10-11,16H,9H2,1-2H3/t11-/m1/s1. The van der Waals surface area contributed by atoms with Crippen LogP contribution in [0.4, 0.5) is 0 Å². The van der Waals surface area contributed by atoms with Crippen molar-refractivity contribution in [1.29, 1.82) is 0 Å². The SMILES string of the molecule is CC(=O)c1ccc(S(=O)(=O)N[C@H](C)Cc2ccoc2)cc1. The first-order valence-electron chi connectivity index (χ1n) is 6.53. The van der Waals surface area contributed by atoms with Gasteiger partial charge >= 0.3 is 0 Å². The molecule has 2 aromatic rings. The van der Waals surface area contributed by atoms with Gasteiger partial charge in [-0.25, -0.2) is 13.1 Å². The van der Waals surface area contributed by atoms with Gasteiger partial charge in [0, 0.05) is 11.6 Å². The van der Waals surface area contributed by atoms with Crippen LogP contribution in [0.5, 0.6) is 0 Å². The Morgan fingerprint density at radius 1 is 1.24 bits per heavy atom. The van der Waals surface area contributed by atoms with Crippen LogP contribution in [0.3, 0.4) is 0 Å². The first-order chi connectivity index (χ1) is 9.88. The van der Waals surface area contributed by atoms with Crippen LogP contribution in [0.1, 0.15) is 29.8 Å². The number of furan rings is 1. The van der Waals surface area contributed by atoms with E-state index in [9.17, 15) is 13.2 Å². The normalized spacial score (nSPS) is 13.0. The topological polar surface area (TPSA) is 76.4 Å². The van der Waals surface area contributed by atoms with Crippen molar-refractivity contribution in [1.82, 2.24) is 4.72 Å². The molecule has 0 radical (unpaired) electrons. The van der Waals surface area contributed by atoms with Gasteiger partial charge in [-0.05, 0) is 44.0 Å². The summed E-state index contributed by atoms with van der Waals surface area (Å²) in [5, 5.41) is 0.